The van der Waals surface area contributed by atoms with Gasteiger partial charge in [-0.1, -0.05) is 35.9 Å². The number of ether oxygens (including phenoxy) is 1. The predicted molar refractivity (Wildman–Crippen MR) is 111 cm³/mol. The van der Waals surface area contributed by atoms with Crippen LogP contribution in [0.4, 0.5) is 0 Å². The maximum absolute atomic E-state index is 10.4. The molecule has 1 N–H and O–H groups in total. The minimum atomic E-state index is -0.479. The normalized spacial score (nSPS) is 17.0. The summed E-state index contributed by atoms with van der Waals surface area (Å²) < 4.78 is 5.83. The molecule has 3 rings (SSSR count). The first-order valence-electron chi connectivity index (χ1n) is 9.57. The average molecular weight is 389 g/mol. The van der Waals surface area contributed by atoms with Crippen molar-refractivity contribution in [3.05, 3.63) is 64.2 Å². The van der Waals surface area contributed by atoms with E-state index in [0.29, 0.717) is 13.2 Å². The summed E-state index contributed by atoms with van der Waals surface area (Å²) in [7, 11) is 0. The molecule has 1 atom stereocenters. The van der Waals surface area contributed by atoms with Crippen LogP contribution in [-0.2, 0) is 6.54 Å². The van der Waals surface area contributed by atoms with Crippen molar-refractivity contribution in [1.29, 1.82) is 0 Å². The van der Waals surface area contributed by atoms with Crippen molar-refractivity contribution < 1.29 is 9.84 Å². The third kappa shape index (κ3) is 5.94. The van der Waals surface area contributed by atoms with Crippen LogP contribution in [0.5, 0.6) is 5.75 Å². The lowest BCUT2D eigenvalue weighted by Gasteiger charge is -2.35. The summed E-state index contributed by atoms with van der Waals surface area (Å²) in [6.45, 7) is 10.00. The molecule has 1 unspecified atom stereocenters. The van der Waals surface area contributed by atoms with Gasteiger partial charge in [0, 0.05) is 44.3 Å². The molecule has 2 aromatic rings. The summed E-state index contributed by atoms with van der Waals surface area (Å²) in [4.78, 5) is 4.76. The molecule has 1 fully saturated rings. The molecule has 0 bridgehead atoms. The molecule has 1 aliphatic heterocycles. The second kappa shape index (κ2) is 9.56. The molecule has 5 heteroatoms. The Balaban J connectivity index is 1.39. The first-order valence-corrected chi connectivity index (χ1v) is 9.95. The summed E-state index contributed by atoms with van der Waals surface area (Å²) in [5.41, 5.74) is 3.63. The third-order valence-corrected chi connectivity index (χ3v) is 5.49. The Hall–Kier alpha value is -1.59. The molecular formula is C22H29ClN2O2. The molecule has 1 heterocycles. The number of hydrogen-bond acceptors (Lipinski definition) is 4. The fourth-order valence-electron chi connectivity index (χ4n) is 3.40. The van der Waals surface area contributed by atoms with E-state index < -0.39 is 6.10 Å². The van der Waals surface area contributed by atoms with Crippen molar-refractivity contribution in [2.45, 2.75) is 26.5 Å². The second-order valence-corrected chi connectivity index (χ2v) is 7.80. The molecule has 2 aromatic carbocycles. The van der Waals surface area contributed by atoms with Gasteiger partial charge in [0.2, 0.25) is 0 Å². The molecule has 0 spiro atoms. The van der Waals surface area contributed by atoms with Crippen molar-refractivity contribution >= 4 is 11.6 Å². The Labute approximate surface area is 167 Å². The smallest absolute Gasteiger partial charge is 0.122 e. The van der Waals surface area contributed by atoms with E-state index in [1.807, 2.05) is 24.3 Å². The standard InChI is InChI=1S/C22H29ClN2O2/c1-17-4-3-5-22(18(17)2)27-16-21(26)15-25-12-10-24(11-13-25)14-19-6-8-20(23)9-7-19/h3-9,21,26H,10-16H2,1-2H3. The van der Waals surface area contributed by atoms with Crippen molar-refractivity contribution in [2.24, 2.45) is 0 Å². The minimum absolute atomic E-state index is 0.329. The number of benzene rings is 2. The van der Waals surface area contributed by atoms with Crippen LogP contribution in [0.1, 0.15) is 16.7 Å². The van der Waals surface area contributed by atoms with Gasteiger partial charge in [0.25, 0.3) is 0 Å². The van der Waals surface area contributed by atoms with E-state index in [4.69, 9.17) is 16.3 Å². The fourth-order valence-corrected chi connectivity index (χ4v) is 3.52. The first kappa shape index (κ1) is 20.2. The van der Waals surface area contributed by atoms with Crippen LogP contribution in [0.25, 0.3) is 0 Å². The second-order valence-electron chi connectivity index (χ2n) is 7.37. The fraction of sp³-hybridized carbons (Fsp3) is 0.455. The van der Waals surface area contributed by atoms with Gasteiger partial charge in [-0.15, -0.1) is 0 Å². The summed E-state index contributed by atoms with van der Waals surface area (Å²) >= 11 is 5.95. The average Bonchev–Trinajstić information content (AvgIpc) is 2.66. The van der Waals surface area contributed by atoms with E-state index in [-0.39, 0.29) is 0 Å². The molecule has 0 radical (unpaired) electrons. The number of aryl methyl sites for hydroxylation is 1. The SMILES string of the molecule is Cc1cccc(OCC(O)CN2CCN(Cc3ccc(Cl)cc3)CC2)c1C. The molecule has 0 aromatic heterocycles. The van der Waals surface area contributed by atoms with Crippen LogP contribution < -0.4 is 4.74 Å². The van der Waals surface area contributed by atoms with Crippen molar-refractivity contribution in [3.63, 3.8) is 0 Å². The van der Waals surface area contributed by atoms with Gasteiger partial charge in [-0.3, -0.25) is 9.80 Å². The highest BCUT2D eigenvalue weighted by Crippen LogP contribution is 2.20. The number of aliphatic hydroxyl groups is 1. The quantitative estimate of drug-likeness (QED) is 0.787. The molecule has 27 heavy (non-hydrogen) atoms. The monoisotopic (exact) mass is 388 g/mol. The minimum Gasteiger partial charge on any atom is -0.491 e. The van der Waals surface area contributed by atoms with E-state index in [9.17, 15) is 5.11 Å². The van der Waals surface area contributed by atoms with Crippen LogP contribution in [0.3, 0.4) is 0 Å². The predicted octanol–water partition coefficient (Wildman–Crippen LogP) is 3.51. The lowest BCUT2D eigenvalue weighted by Crippen LogP contribution is -2.48. The number of piperazine rings is 1. The molecule has 146 valence electrons. The lowest BCUT2D eigenvalue weighted by molar-refractivity contribution is 0.0444. The van der Waals surface area contributed by atoms with E-state index in [0.717, 1.165) is 49.1 Å². The van der Waals surface area contributed by atoms with Gasteiger partial charge >= 0.3 is 0 Å². The molecule has 0 saturated carbocycles. The van der Waals surface area contributed by atoms with Crippen molar-refractivity contribution in [1.82, 2.24) is 9.80 Å². The summed E-state index contributed by atoms with van der Waals surface area (Å²) in [5.74, 6) is 0.863. The molecule has 4 nitrogen and oxygen atoms in total. The Morgan fingerprint density at radius 3 is 2.37 bits per heavy atom. The maximum Gasteiger partial charge on any atom is 0.122 e. The van der Waals surface area contributed by atoms with Gasteiger partial charge in [-0.05, 0) is 48.7 Å². The van der Waals surface area contributed by atoms with Gasteiger partial charge in [0.1, 0.15) is 18.5 Å². The number of hydrogen-bond donors (Lipinski definition) is 1. The van der Waals surface area contributed by atoms with Crippen molar-refractivity contribution in [2.75, 3.05) is 39.3 Å². The Bertz CT molecular complexity index is 728. The molecule has 1 aliphatic rings. The number of halogens is 1. The van der Waals surface area contributed by atoms with Crippen LogP contribution in [0.15, 0.2) is 42.5 Å². The molecule has 0 amide bonds. The van der Waals surface area contributed by atoms with E-state index >= 15 is 0 Å². The van der Waals surface area contributed by atoms with Gasteiger partial charge < -0.3 is 9.84 Å². The highest BCUT2D eigenvalue weighted by Gasteiger charge is 2.19. The van der Waals surface area contributed by atoms with Gasteiger partial charge in [0.05, 0.1) is 0 Å². The third-order valence-electron chi connectivity index (χ3n) is 5.24. The Morgan fingerprint density at radius 1 is 1.00 bits per heavy atom. The van der Waals surface area contributed by atoms with E-state index in [2.05, 4.69) is 41.8 Å². The molecule has 1 saturated heterocycles. The van der Waals surface area contributed by atoms with Gasteiger partial charge in [-0.25, -0.2) is 0 Å². The van der Waals surface area contributed by atoms with Crippen LogP contribution in [0.2, 0.25) is 5.02 Å². The number of nitrogens with zero attached hydrogens (tertiary/aromatic N) is 2. The van der Waals surface area contributed by atoms with Crippen LogP contribution in [-0.4, -0.2) is 60.3 Å². The largest absolute Gasteiger partial charge is 0.491 e. The first-order chi connectivity index (χ1) is 13.0. The highest BCUT2D eigenvalue weighted by molar-refractivity contribution is 6.30. The van der Waals surface area contributed by atoms with Gasteiger partial charge in [0.15, 0.2) is 0 Å². The lowest BCUT2D eigenvalue weighted by atomic mass is 10.1. The highest BCUT2D eigenvalue weighted by atomic mass is 35.5. The topological polar surface area (TPSA) is 35.9 Å². The van der Waals surface area contributed by atoms with Crippen LogP contribution >= 0.6 is 11.6 Å². The molecule has 0 aliphatic carbocycles. The maximum atomic E-state index is 10.4. The van der Waals surface area contributed by atoms with E-state index in [1.165, 1.54) is 11.1 Å². The number of aliphatic hydroxyl groups excluding tert-OH is 1. The summed E-state index contributed by atoms with van der Waals surface area (Å²) in [6.07, 6.45) is -0.479. The van der Waals surface area contributed by atoms with Crippen LogP contribution in [0, 0.1) is 13.8 Å². The van der Waals surface area contributed by atoms with Crippen molar-refractivity contribution in [3.8, 4) is 5.75 Å². The summed E-state index contributed by atoms with van der Waals surface area (Å²) in [6, 6.07) is 14.1. The summed E-state index contributed by atoms with van der Waals surface area (Å²) in [5, 5.41) is 11.1. The zero-order valence-electron chi connectivity index (χ0n) is 16.2. The Morgan fingerprint density at radius 2 is 1.67 bits per heavy atom. The molecular weight excluding hydrogens is 360 g/mol. The zero-order chi connectivity index (χ0) is 19.2. The zero-order valence-corrected chi connectivity index (χ0v) is 17.0. The number of β-amino-alcohol motifs (C(OH)–C–C–N with tert-alkyl or cyclic N) is 1. The number of rotatable bonds is 7. The Kier molecular flexibility index (Phi) is 7.13. The van der Waals surface area contributed by atoms with E-state index in [1.54, 1.807) is 0 Å². The van der Waals surface area contributed by atoms with Gasteiger partial charge in [-0.2, -0.15) is 0 Å².